The summed E-state index contributed by atoms with van der Waals surface area (Å²) in [6.45, 7) is 19.7. The molecule has 3 fully saturated rings. The number of amides is 3. The molecule has 3 amide bonds. The number of H-pyrrole nitrogens is 1. The predicted octanol–water partition coefficient (Wildman–Crippen LogP) is 5.09. The molecule has 0 unspecified atom stereocenters. The molecular formula is C81H81F3K2N12O13Si. The second-order valence-electron chi connectivity index (χ2n) is 28.5. The molecule has 0 bridgehead atoms. The standard InChI is InChI=1S/C31H37FN4O4Si.C25H23FN4O3.C24H19FN4O3.CH2O3.2K.H/c1-21(28(24-7-5-8-25(32)17-24)23-12-10-22(18-33)11-13-23)26-9-6-14-36(26)31(39)29-30(38)27(37)19-35(34-29)20-40-15-16-41(2,3)4;1-15(20-6-3-11-30(20)25(33)23-24(32)21(31)14-28-29-23)22(18-4-2-5-19(26)12-18)17-9-7-16(13-27)8-10-17;1-26-17-9-7-14(8-10-17)20(15-4-2-5-16(25)12-15)21-18-6-3-11-28(18)24(32)22-23(31)19(30)13-27-29(21)22;2-1-4-3;;;/h5,7-8,10-13,17,19,21,26,28,37H,6,9,14-16,20H2,1-4H3;2,4-5,7-10,12,14-15,20,22H,3,6,11H2,1H3,(H,28,32)(H,29,31);2,4-5,7-10,12-13,18,20-21,31H,3,6,11H2;1,3H;;;/q;;;;2*+1;-1/p-1/t21-,26+,28+;15-,20+,22+;18-,20-,21-;;;;/m001..../s1. The molecule has 112 heavy (non-hydrogen) atoms. The molecule has 570 valence electrons. The van der Waals surface area contributed by atoms with Crippen molar-refractivity contribution in [2.75, 3.05) is 26.2 Å². The summed E-state index contributed by atoms with van der Waals surface area (Å²) in [6, 6.07) is 44.4. The Morgan fingerprint density at radius 3 is 1.69 bits per heavy atom. The topological polar surface area (TPSA) is 348 Å². The maximum absolute atomic E-state index is 14.3. The van der Waals surface area contributed by atoms with Crippen molar-refractivity contribution >= 4 is 38.0 Å². The van der Waals surface area contributed by atoms with Gasteiger partial charge in [-0.05, 0) is 150 Å². The zero-order valence-corrected chi connectivity index (χ0v) is 70.1. The Hall–Kier alpha value is -9.09. The fourth-order valence-corrected chi connectivity index (χ4v) is 16.0. The summed E-state index contributed by atoms with van der Waals surface area (Å²) in [4.78, 5) is 96.5. The van der Waals surface area contributed by atoms with Crippen molar-refractivity contribution in [2.45, 2.75) is 127 Å². The largest absolute Gasteiger partial charge is 1.00 e. The van der Waals surface area contributed by atoms with Gasteiger partial charge in [0.1, 0.15) is 24.2 Å². The molecule has 13 rings (SSSR count). The van der Waals surface area contributed by atoms with E-state index in [2.05, 4.69) is 61.9 Å². The van der Waals surface area contributed by atoms with Gasteiger partial charge in [0.2, 0.25) is 10.9 Å². The third kappa shape index (κ3) is 21.0. The summed E-state index contributed by atoms with van der Waals surface area (Å²) in [5, 5.41) is 72.4. The van der Waals surface area contributed by atoms with Crippen LogP contribution in [0.1, 0.15) is 154 Å². The van der Waals surface area contributed by atoms with Crippen LogP contribution in [0, 0.1) is 58.5 Å². The summed E-state index contributed by atoms with van der Waals surface area (Å²) < 4.78 is 51.2. The van der Waals surface area contributed by atoms with E-state index in [0.717, 1.165) is 78.4 Å². The molecule has 7 heterocycles. The maximum atomic E-state index is 14.3. The van der Waals surface area contributed by atoms with E-state index >= 15 is 0 Å². The number of likely N-dealkylation sites (tertiary alicyclic amines) is 2. The van der Waals surface area contributed by atoms with Gasteiger partial charge in [0.05, 0.1) is 60.5 Å². The van der Waals surface area contributed by atoms with Gasteiger partial charge in [-0.15, -0.1) is 0 Å². The minimum absolute atomic E-state index is 0. The van der Waals surface area contributed by atoms with Crippen molar-refractivity contribution in [1.29, 1.82) is 10.5 Å². The fraction of sp³-hybridized carbons (Fsp3) is 0.321. The van der Waals surface area contributed by atoms with Crippen LogP contribution in [-0.2, 0) is 21.1 Å². The SMILES string of the molecule is C[C@H]([C@H](c1ccc(C#N)cc1)c1cccc(F)c1)[C@H]1CCCN1C(=O)c1[nH]ncc(=O)c1O.C[C@H]([C@H](c1ccc(C#N)cc1)c1cccc(F)c1)[C@H]1CCCN1C(=O)c1nn(COCC[Si](C)(C)C)cc(O)c1=O.O=CO[O-].[C-]#[N+]c1ccc([C@H](c2cccc(F)c2)[C@H]2[C@H]3CCCN3C(=O)c3c(O)c(=O)cnn32)cc1.[H-].[K+].[K+]. The first kappa shape index (κ1) is 88.5. The maximum Gasteiger partial charge on any atom is 1.00 e. The van der Waals surface area contributed by atoms with E-state index in [4.69, 9.17) is 26.6 Å². The second kappa shape index (κ2) is 40.6. The average Bonchev–Trinajstić information content (AvgIpc) is 0.999. The molecular weight excluding hydrogens is 1510 g/mol. The zero-order chi connectivity index (χ0) is 79.1. The number of nitriles is 2. The molecule has 9 atom stereocenters. The van der Waals surface area contributed by atoms with Gasteiger partial charge in [0.15, 0.2) is 40.0 Å². The molecule has 3 saturated heterocycles. The van der Waals surface area contributed by atoms with Gasteiger partial charge in [-0.2, -0.15) is 25.8 Å². The van der Waals surface area contributed by atoms with Crippen LogP contribution < -0.4 is 124 Å². The van der Waals surface area contributed by atoms with Crippen molar-refractivity contribution in [2.24, 2.45) is 11.8 Å². The molecule has 0 radical (unpaired) electrons. The van der Waals surface area contributed by atoms with Crippen LogP contribution in [0.3, 0.4) is 0 Å². The Kier molecular flexibility index (Phi) is 32.1. The number of hydrogen-bond acceptors (Lipinski definition) is 18. The Morgan fingerprint density at radius 1 is 0.696 bits per heavy atom. The van der Waals surface area contributed by atoms with Crippen LogP contribution >= 0.6 is 0 Å². The summed E-state index contributed by atoms with van der Waals surface area (Å²) in [5.74, 6) is -5.64. The van der Waals surface area contributed by atoms with E-state index in [0.29, 0.717) is 55.0 Å². The van der Waals surface area contributed by atoms with E-state index in [9.17, 15) is 62.5 Å². The quantitative estimate of drug-likeness (QED) is 0.0204. The van der Waals surface area contributed by atoms with Crippen LogP contribution in [0.4, 0.5) is 18.9 Å². The summed E-state index contributed by atoms with van der Waals surface area (Å²) in [7, 11) is -1.30. The van der Waals surface area contributed by atoms with Gasteiger partial charge in [-0.3, -0.25) is 43.3 Å². The molecule has 4 N–H and O–H groups in total. The third-order valence-corrected chi connectivity index (χ3v) is 22.1. The van der Waals surface area contributed by atoms with Gasteiger partial charge in [-0.25, -0.2) is 22.7 Å². The van der Waals surface area contributed by atoms with Gasteiger partial charge in [0, 0.05) is 64.2 Å². The second-order valence-corrected chi connectivity index (χ2v) is 34.1. The normalized spacial score (nSPS) is 17.3. The average molecular weight is 1590 g/mol. The number of benzene rings is 6. The summed E-state index contributed by atoms with van der Waals surface area (Å²) in [5.41, 5.74) is 3.37. The van der Waals surface area contributed by atoms with Crippen LogP contribution in [-0.4, -0.2) is 136 Å². The van der Waals surface area contributed by atoms with E-state index in [1.165, 1.54) is 52.0 Å². The van der Waals surface area contributed by atoms with Gasteiger partial charge in [0.25, 0.3) is 29.6 Å². The van der Waals surface area contributed by atoms with Crippen LogP contribution in [0.2, 0.25) is 25.7 Å². The monoisotopic (exact) mass is 1590 g/mol. The smallest absolute Gasteiger partial charge is 1.00 e. The van der Waals surface area contributed by atoms with Crippen molar-refractivity contribution in [3.05, 3.63) is 285 Å². The summed E-state index contributed by atoms with van der Waals surface area (Å²) in [6.07, 6.45) is 7.52. The molecule has 4 aliphatic heterocycles. The molecule has 9 aromatic rings. The number of ether oxygens (including phenoxy) is 1. The van der Waals surface area contributed by atoms with Crippen LogP contribution in [0.25, 0.3) is 4.85 Å². The molecule has 31 heteroatoms. The van der Waals surface area contributed by atoms with E-state index < -0.39 is 77.1 Å². The molecule has 6 aromatic carbocycles. The van der Waals surface area contributed by atoms with Crippen molar-refractivity contribution in [3.8, 4) is 29.4 Å². The van der Waals surface area contributed by atoms with Gasteiger partial charge >= 0.3 is 103 Å². The first-order valence-corrected chi connectivity index (χ1v) is 39.4. The summed E-state index contributed by atoms with van der Waals surface area (Å²) >= 11 is 0. The van der Waals surface area contributed by atoms with E-state index in [1.54, 1.807) is 69.3 Å². The number of aromatic amines is 1. The van der Waals surface area contributed by atoms with Crippen LogP contribution in [0.5, 0.6) is 17.2 Å². The number of fused-ring (bicyclic) bond motifs is 2. The van der Waals surface area contributed by atoms with E-state index in [-0.39, 0.29) is 188 Å². The number of nitrogens with zero attached hydrogens (tertiary/aromatic N) is 11. The van der Waals surface area contributed by atoms with Crippen molar-refractivity contribution < 1.29 is 167 Å². The number of hydrogen-bond donors (Lipinski definition) is 4. The number of carbonyl (C=O) groups excluding carboxylic acids is 4. The number of nitrogens with one attached hydrogen (secondary N) is 1. The Labute approximate surface area is 731 Å². The first-order chi connectivity index (χ1) is 52.8. The number of rotatable bonds is 19. The first-order valence-electron chi connectivity index (χ1n) is 35.6. The van der Waals surface area contributed by atoms with Crippen molar-refractivity contribution in [3.63, 3.8) is 0 Å². The Bertz CT molecular complexity index is 5160. The zero-order valence-electron chi connectivity index (χ0n) is 63.8. The molecule has 4 aliphatic rings. The Morgan fingerprint density at radius 2 is 1.19 bits per heavy atom. The van der Waals surface area contributed by atoms with Crippen molar-refractivity contribution in [1.82, 2.24) is 44.5 Å². The molecule has 0 aliphatic carbocycles. The van der Waals surface area contributed by atoms with Gasteiger partial charge < -0.3 is 46.3 Å². The van der Waals surface area contributed by atoms with Crippen LogP contribution in [0.15, 0.2) is 179 Å². The Balaban J connectivity index is 0.000000228. The minimum atomic E-state index is -1.30. The van der Waals surface area contributed by atoms with E-state index in [1.807, 2.05) is 68.4 Å². The number of halogens is 3. The molecule has 25 nitrogen and oxygen atoms in total. The van der Waals surface area contributed by atoms with Gasteiger partial charge in [-0.1, -0.05) is 118 Å². The molecule has 0 saturated carbocycles. The third-order valence-electron chi connectivity index (χ3n) is 20.4. The molecule has 3 aromatic heterocycles. The number of aromatic hydroxyl groups is 3. The minimum Gasteiger partial charge on any atom is -1.00 e. The molecule has 0 spiro atoms. The fourth-order valence-electron chi connectivity index (χ4n) is 15.2. The number of carbonyl (C=O) groups is 4. The number of aromatic nitrogens is 6. The predicted molar refractivity (Wildman–Crippen MR) is 398 cm³/mol.